The highest BCUT2D eigenvalue weighted by molar-refractivity contribution is 6.41. The van der Waals surface area contributed by atoms with Crippen LogP contribution in [0, 0.1) is 0 Å². The molecule has 0 aliphatic heterocycles. The number of hydrogen-bond donors (Lipinski definition) is 4. The van der Waals surface area contributed by atoms with Crippen molar-refractivity contribution < 1.29 is 24.6 Å². The zero-order valence-electron chi connectivity index (χ0n) is 8.74. The molecule has 0 aliphatic carbocycles. The molecule has 4 N–H and O–H groups in total. The van der Waals surface area contributed by atoms with E-state index >= 15 is 0 Å². The number of nitrogens with one attached hydrogen (secondary N) is 2. The SMILES string of the molecule is O=C(O)C[C@@H](NC(=O)c1cc(Cl)c(Cl)[nH]1)C(=O)O. The van der Waals surface area contributed by atoms with Gasteiger partial charge < -0.3 is 20.5 Å². The predicted molar refractivity (Wildman–Crippen MR) is 62.0 cm³/mol. The third-order valence-corrected chi connectivity index (χ3v) is 2.64. The van der Waals surface area contributed by atoms with E-state index in [0.717, 1.165) is 0 Å². The van der Waals surface area contributed by atoms with Crippen LogP contribution in [-0.2, 0) is 9.59 Å². The molecule has 18 heavy (non-hydrogen) atoms. The first-order valence-corrected chi connectivity index (χ1v) is 5.36. The Bertz CT molecular complexity index is 480. The van der Waals surface area contributed by atoms with E-state index in [-0.39, 0.29) is 15.9 Å². The van der Waals surface area contributed by atoms with E-state index in [4.69, 9.17) is 33.4 Å². The maximum absolute atomic E-state index is 11.6. The molecule has 0 saturated carbocycles. The van der Waals surface area contributed by atoms with Crippen LogP contribution in [0.2, 0.25) is 10.2 Å². The highest BCUT2D eigenvalue weighted by Gasteiger charge is 2.24. The molecule has 0 fully saturated rings. The maximum atomic E-state index is 11.6. The van der Waals surface area contributed by atoms with Crippen LogP contribution in [0.25, 0.3) is 0 Å². The van der Waals surface area contributed by atoms with Crippen LogP contribution in [0.15, 0.2) is 6.07 Å². The molecule has 1 atom stereocenters. The number of amides is 1. The van der Waals surface area contributed by atoms with Gasteiger partial charge in [-0.25, -0.2) is 4.79 Å². The van der Waals surface area contributed by atoms with Crippen molar-refractivity contribution in [3.05, 3.63) is 21.9 Å². The Morgan fingerprint density at radius 3 is 2.33 bits per heavy atom. The Morgan fingerprint density at radius 1 is 1.33 bits per heavy atom. The molecule has 0 bridgehead atoms. The second kappa shape index (κ2) is 5.74. The minimum Gasteiger partial charge on any atom is -0.481 e. The number of hydrogen-bond acceptors (Lipinski definition) is 3. The van der Waals surface area contributed by atoms with E-state index in [9.17, 15) is 14.4 Å². The molecule has 0 saturated heterocycles. The fourth-order valence-electron chi connectivity index (χ4n) is 1.14. The lowest BCUT2D eigenvalue weighted by Crippen LogP contribution is -2.42. The first-order valence-electron chi connectivity index (χ1n) is 4.60. The van der Waals surface area contributed by atoms with Gasteiger partial charge in [-0.3, -0.25) is 9.59 Å². The van der Waals surface area contributed by atoms with Gasteiger partial charge in [0.25, 0.3) is 5.91 Å². The molecule has 0 spiro atoms. The second-order valence-corrected chi connectivity index (χ2v) is 4.09. The lowest BCUT2D eigenvalue weighted by atomic mass is 10.2. The summed E-state index contributed by atoms with van der Waals surface area (Å²) in [4.78, 5) is 35.2. The minimum atomic E-state index is -1.53. The Labute approximate surface area is 111 Å². The zero-order chi connectivity index (χ0) is 13.9. The fraction of sp³-hybridized carbons (Fsp3) is 0.222. The number of H-pyrrole nitrogens is 1. The lowest BCUT2D eigenvalue weighted by Gasteiger charge is -2.11. The standard InChI is InChI=1S/C9H8Cl2N2O5/c10-3-1-4(12-7(3)11)8(16)13-5(9(17)18)2-6(14)15/h1,5,12H,2H2,(H,13,16)(H,14,15)(H,17,18)/t5-/m1/s1. The Kier molecular flexibility index (Phi) is 4.57. The molecule has 0 unspecified atom stereocenters. The smallest absolute Gasteiger partial charge is 0.326 e. The number of carbonyl (C=O) groups excluding carboxylic acids is 1. The number of carbonyl (C=O) groups is 3. The van der Waals surface area contributed by atoms with Crippen molar-refractivity contribution >= 4 is 41.0 Å². The molecule has 9 heteroatoms. The molecular formula is C9H8Cl2N2O5. The van der Waals surface area contributed by atoms with Crippen molar-refractivity contribution in [3.63, 3.8) is 0 Å². The third kappa shape index (κ3) is 3.64. The first-order chi connectivity index (χ1) is 8.31. The highest BCUT2D eigenvalue weighted by Crippen LogP contribution is 2.21. The number of rotatable bonds is 5. The van der Waals surface area contributed by atoms with Gasteiger partial charge in [0.2, 0.25) is 0 Å². The summed E-state index contributed by atoms with van der Waals surface area (Å²) in [6.07, 6.45) is -0.733. The number of aromatic nitrogens is 1. The molecular weight excluding hydrogens is 287 g/mol. The number of aliphatic carboxylic acids is 2. The summed E-state index contributed by atoms with van der Waals surface area (Å²) in [5.74, 6) is -3.60. The molecule has 1 amide bonds. The van der Waals surface area contributed by atoms with Crippen LogP contribution in [0.4, 0.5) is 0 Å². The van der Waals surface area contributed by atoms with Crippen molar-refractivity contribution in [2.24, 2.45) is 0 Å². The van der Waals surface area contributed by atoms with Crippen molar-refractivity contribution in [3.8, 4) is 0 Å². The van der Waals surface area contributed by atoms with Gasteiger partial charge in [0.15, 0.2) is 0 Å². The van der Waals surface area contributed by atoms with E-state index in [2.05, 4.69) is 4.98 Å². The third-order valence-electron chi connectivity index (χ3n) is 1.95. The van der Waals surface area contributed by atoms with Gasteiger partial charge in [0.05, 0.1) is 11.4 Å². The van der Waals surface area contributed by atoms with Crippen LogP contribution >= 0.6 is 23.2 Å². The monoisotopic (exact) mass is 294 g/mol. The molecule has 0 aromatic carbocycles. The largest absolute Gasteiger partial charge is 0.481 e. The van der Waals surface area contributed by atoms with Crippen LogP contribution in [0.3, 0.4) is 0 Å². The molecule has 1 rings (SSSR count). The van der Waals surface area contributed by atoms with Gasteiger partial charge in [-0.2, -0.15) is 0 Å². The fourth-order valence-corrected chi connectivity index (χ4v) is 1.45. The van der Waals surface area contributed by atoms with Crippen LogP contribution in [0.5, 0.6) is 0 Å². The van der Waals surface area contributed by atoms with E-state index in [1.54, 1.807) is 0 Å². The molecule has 1 aromatic rings. The van der Waals surface area contributed by atoms with E-state index < -0.39 is 30.3 Å². The number of carboxylic acid groups (broad SMARTS) is 2. The van der Waals surface area contributed by atoms with E-state index in [0.29, 0.717) is 0 Å². The summed E-state index contributed by atoms with van der Waals surface area (Å²) < 4.78 is 0. The van der Waals surface area contributed by atoms with Crippen LogP contribution < -0.4 is 5.32 Å². The second-order valence-electron chi connectivity index (χ2n) is 3.31. The van der Waals surface area contributed by atoms with Gasteiger partial charge in [-0.1, -0.05) is 23.2 Å². The number of aromatic amines is 1. The average molecular weight is 295 g/mol. The maximum Gasteiger partial charge on any atom is 0.326 e. The highest BCUT2D eigenvalue weighted by atomic mass is 35.5. The number of carboxylic acids is 2. The van der Waals surface area contributed by atoms with Gasteiger partial charge in [0, 0.05) is 0 Å². The van der Waals surface area contributed by atoms with Gasteiger partial charge >= 0.3 is 11.9 Å². The molecule has 98 valence electrons. The topological polar surface area (TPSA) is 119 Å². The average Bonchev–Trinajstić information content (AvgIpc) is 2.57. The van der Waals surface area contributed by atoms with Gasteiger partial charge in [0.1, 0.15) is 16.9 Å². The minimum absolute atomic E-state index is 0.0342. The van der Waals surface area contributed by atoms with Crippen molar-refractivity contribution in [2.75, 3.05) is 0 Å². The summed E-state index contributed by atoms with van der Waals surface area (Å²) in [7, 11) is 0. The summed E-state index contributed by atoms with van der Waals surface area (Å²) >= 11 is 11.2. The van der Waals surface area contributed by atoms with Gasteiger partial charge in [-0.15, -0.1) is 0 Å². The summed E-state index contributed by atoms with van der Waals surface area (Å²) in [6, 6.07) is -0.324. The normalized spacial score (nSPS) is 11.9. The summed E-state index contributed by atoms with van der Waals surface area (Å²) in [5, 5.41) is 19.4. The predicted octanol–water partition coefficient (Wildman–Crippen LogP) is 0.979. The van der Waals surface area contributed by atoms with Crippen LogP contribution in [0.1, 0.15) is 16.9 Å². The van der Waals surface area contributed by atoms with E-state index in [1.807, 2.05) is 5.32 Å². The Hall–Kier alpha value is -1.73. The van der Waals surface area contributed by atoms with Gasteiger partial charge in [-0.05, 0) is 6.07 Å². The lowest BCUT2D eigenvalue weighted by molar-refractivity contribution is -0.145. The van der Waals surface area contributed by atoms with E-state index in [1.165, 1.54) is 6.07 Å². The first kappa shape index (κ1) is 14.3. The molecule has 0 aliphatic rings. The Balaban J connectivity index is 2.78. The number of halogens is 2. The summed E-state index contributed by atoms with van der Waals surface area (Å²) in [5.41, 5.74) is -0.0540. The Morgan fingerprint density at radius 2 is 1.94 bits per heavy atom. The molecule has 1 heterocycles. The molecule has 1 aromatic heterocycles. The quantitative estimate of drug-likeness (QED) is 0.645. The molecule has 7 nitrogen and oxygen atoms in total. The van der Waals surface area contributed by atoms with Crippen molar-refractivity contribution in [1.82, 2.24) is 10.3 Å². The van der Waals surface area contributed by atoms with Crippen molar-refractivity contribution in [2.45, 2.75) is 12.5 Å². The van der Waals surface area contributed by atoms with Crippen LogP contribution in [-0.4, -0.2) is 39.1 Å². The molecule has 0 radical (unpaired) electrons. The summed E-state index contributed by atoms with van der Waals surface area (Å²) in [6.45, 7) is 0. The van der Waals surface area contributed by atoms with Crippen molar-refractivity contribution in [1.29, 1.82) is 0 Å². The zero-order valence-corrected chi connectivity index (χ0v) is 10.2.